The van der Waals surface area contributed by atoms with Crippen LogP contribution in [-0.4, -0.2) is 13.2 Å². The summed E-state index contributed by atoms with van der Waals surface area (Å²) in [6.45, 7) is 10.8. The topological polar surface area (TPSA) is 18.5 Å². The molecule has 6 aromatic carbocycles. The van der Waals surface area contributed by atoms with E-state index in [2.05, 4.69) is 136 Å². The van der Waals surface area contributed by atoms with Crippen molar-refractivity contribution < 1.29 is 9.47 Å². The molecular weight excluding hydrogens is 985 g/mol. The summed E-state index contributed by atoms with van der Waals surface area (Å²) < 4.78 is 14.7. The summed E-state index contributed by atoms with van der Waals surface area (Å²) in [4.78, 5) is 2.61. The SMILES string of the molecule is CCCCCCCCCCC(CCCCCCCC)COc1cc(-c2cccs2)cc2cc3cc(OCC(CCCCCCCC)CCCCCCCCCC)c4c5cc6c(-c7cccs7)cccc6cc5ccc4c3cc12. The van der Waals surface area contributed by atoms with Crippen LogP contribution >= 0.6 is 22.7 Å². The predicted molar refractivity (Wildman–Crippen MR) is 349 cm³/mol. The van der Waals surface area contributed by atoms with Crippen LogP contribution in [0.5, 0.6) is 11.5 Å². The van der Waals surface area contributed by atoms with Crippen molar-refractivity contribution in [3.63, 3.8) is 0 Å². The Labute approximate surface area is 481 Å². The second-order valence-corrected chi connectivity index (χ2v) is 25.6. The molecular formula is C74H100O2S2. The molecule has 420 valence electrons. The molecule has 0 fully saturated rings. The third-order valence-corrected chi connectivity index (χ3v) is 19.2. The first-order valence-corrected chi connectivity index (χ1v) is 34.0. The minimum atomic E-state index is 0.549. The summed E-state index contributed by atoms with van der Waals surface area (Å²) in [6.07, 6.45) is 42.9. The fourth-order valence-electron chi connectivity index (χ4n) is 12.6. The highest BCUT2D eigenvalue weighted by Gasteiger charge is 2.20. The van der Waals surface area contributed by atoms with Crippen LogP contribution in [-0.2, 0) is 0 Å². The maximum Gasteiger partial charge on any atom is 0.128 e. The molecule has 0 spiro atoms. The highest BCUT2D eigenvalue weighted by molar-refractivity contribution is 7.13. The summed E-state index contributed by atoms with van der Waals surface area (Å²) >= 11 is 3.65. The molecule has 0 bridgehead atoms. The molecule has 2 heterocycles. The van der Waals surface area contributed by atoms with Crippen LogP contribution in [0.3, 0.4) is 0 Å². The maximum absolute atomic E-state index is 7.42. The number of ether oxygens (including phenoxy) is 2. The van der Waals surface area contributed by atoms with E-state index in [1.807, 2.05) is 22.7 Å². The minimum Gasteiger partial charge on any atom is -0.493 e. The lowest BCUT2D eigenvalue weighted by molar-refractivity contribution is 0.226. The predicted octanol–water partition coefficient (Wildman–Crippen LogP) is 25.5. The number of thiophene rings is 2. The first-order valence-electron chi connectivity index (χ1n) is 32.3. The summed E-state index contributed by atoms with van der Waals surface area (Å²) in [5.74, 6) is 3.18. The zero-order valence-corrected chi connectivity index (χ0v) is 50.9. The number of hydrogen-bond donors (Lipinski definition) is 0. The molecule has 8 rings (SSSR count). The Hall–Kier alpha value is -4.38. The molecule has 8 aromatic rings. The highest BCUT2D eigenvalue weighted by Crippen LogP contribution is 2.45. The molecule has 0 aliphatic carbocycles. The summed E-state index contributed by atoms with van der Waals surface area (Å²) in [5, 5.41) is 17.0. The zero-order valence-electron chi connectivity index (χ0n) is 49.2. The third kappa shape index (κ3) is 17.6. The molecule has 0 saturated heterocycles. The van der Waals surface area contributed by atoms with Crippen LogP contribution in [0.25, 0.3) is 74.7 Å². The molecule has 0 saturated carbocycles. The number of rotatable bonds is 40. The Balaban J connectivity index is 1.16. The first kappa shape index (κ1) is 59.7. The lowest BCUT2D eigenvalue weighted by atomic mass is 9.91. The summed E-state index contributed by atoms with van der Waals surface area (Å²) in [7, 11) is 0. The van der Waals surface area contributed by atoms with Crippen molar-refractivity contribution >= 4 is 76.5 Å². The van der Waals surface area contributed by atoms with Crippen molar-refractivity contribution in [2.75, 3.05) is 13.2 Å². The number of hydrogen-bond acceptors (Lipinski definition) is 4. The standard InChI is InChI=1S/C74H100O2S2/c1-5-9-13-17-21-23-27-31-37-57(36-29-25-19-15-11-7-3)55-75-70-52-63(72-42-34-46-77-72)50-61-49-62-51-71(76-56-58(38-30-26-20-16-12-8-4)39-32-28-24-22-18-14-10-6-2)74-65(67(62)53-68(61)70)45-44-60-48-59-40-33-41-64(66(59)54-69(60)74)73-43-35-47-78-73/h33-35,40-54,57-58H,5-32,36-39,55-56H2,1-4H3. The number of fused-ring (bicyclic) bond motifs is 7. The van der Waals surface area contributed by atoms with E-state index in [0.29, 0.717) is 11.8 Å². The van der Waals surface area contributed by atoms with Crippen LogP contribution in [0.4, 0.5) is 0 Å². The van der Waals surface area contributed by atoms with Gasteiger partial charge >= 0.3 is 0 Å². The monoisotopic (exact) mass is 1080 g/mol. The van der Waals surface area contributed by atoms with Crippen LogP contribution < -0.4 is 9.47 Å². The third-order valence-electron chi connectivity index (χ3n) is 17.3. The molecule has 0 amide bonds. The Morgan fingerprint density at radius 1 is 0.333 bits per heavy atom. The van der Waals surface area contributed by atoms with Gasteiger partial charge in [0.15, 0.2) is 0 Å². The quantitative estimate of drug-likeness (QED) is 0.0217. The molecule has 2 atom stereocenters. The van der Waals surface area contributed by atoms with Gasteiger partial charge in [-0.25, -0.2) is 0 Å². The fourth-order valence-corrected chi connectivity index (χ4v) is 14.1. The lowest BCUT2D eigenvalue weighted by Crippen LogP contribution is -2.13. The van der Waals surface area contributed by atoms with Crippen molar-refractivity contribution in [2.45, 2.75) is 233 Å². The molecule has 0 aliphatic rings. The van der Waals surface area contributed by atoms with E-state index in [-0.39, 0.29) is 0 Å². The Morgan fingerprint density at radius 2 is 0.795 bits per heavy atom. The number of unbranched alkanes of at least 4 members (excludes halogenated alkanes) is 24. The molecule has 2 nitrogen and oxygen atoms in total. The van der Waals surface area contributed by atoms with Crippen molar-refractivity contribution in [3.05, 3.63) is 108 Å². The zero-order chi connectivity index (χ0) is 54.0. The minimum absolute atomic E-state index is 0.549. The molecule has 2 unspecified atom stereocenters. The van der Waals surface area contributed by atoms with Crippen LogP contribution in [0.1, 0.15) is 233 Å². The largest absolute Gasteiger partial charge is 0.493 e. The highest BCUT2D eigenvalue weighted by atomic mass is 32.1. The van der Waals surface area contributed by atoms with Gasteiger partial charge in [-0.2, -0.15) is 0 Å². The second-order valence-electron chi connectivity index (χ2n) is 23.7. The molecule has 0 N–H and O–H groups in total. The van der Waals surface area contributed by atoms with E-state index in [4.69, 9.17) is 9.47 Å². The Kier molecular flexibility index (Phi) is 25.6. The van der Waals surface area contributed by atoms with Crippen LogP contribution in [0.2, 0.25) is 0 Å². The van der Waals surface area contributed by atoms with Gasteiger partial charge in [0.25, 0.3) is 0 Å². The van der Waals surface area contributed by atoms with Crippen molar-refractivity contribution in [2.24, 2.45) is 11.8 Å². The maximum atomic E-state index is 7.42. The van der Waals surface area contributed by atoms with E-state index < -0.39 is 0 Å². The van der Waals surface area contributed by atoms with Gasteiger partial charge in [0.1, 0.15) is 11.5 Å². The number of benzene rings is 6. The average molecular weight is 1090 g/mol. The van der Waals surface area contributed by atoms with Gasteiger partial charge in [0.05, 0.1) is 13.2 Å². The molecule has 78 heavy (non-hydrogen) atoms. The van der Waals surface area contributed by atoms with Crippen molar-refractivity contribution in [1.82, 2.24) is 0 Å². The van der Waals surface area contributed by atoms with Gasteiger partial charge < -0.3 is 9.47 Å². The first-order chi connectivity index (χ1) is 38.6. The molecule has 0 radical (unpaired) electrons. The van der Waals surface area contributed by atoms with E-state index >= 15 is 0 Å². The smallest absolute Gasteiger partial charge is 0.128 e. The van der Waals surface area contributed by atoms with Gasteiger partial charge in [-0.15, -0.1) is 22.7 Å². The van der Waals surface area contributed by atoms with Gasteiger partial charge in [-0.3, -0.25) is 0 Å². The van der Waals surface area contributed by atoms with Gasteiger partial charge in [0.2, 0.25) is 0 Å². The molecule has 2 aromatic heterocycles. The van der Waals surface area contributed by atoms with E-state index in [1.165, 1.54) is 280 Å². The second kappa shape index (κ2) is 33.4. The van der Waals surface area contributed by atoms with Gasteiger partial charge in [-0.1, -0.05) is 250 Å². The van der Waals surface area contributed by atoms with Crippen molar-refractivity contribution in [1.29, 1.82) is 0 Å². The van der Waals surface area contributed by atoms with Gasteiger partial charge in [0, 0.05) is 20.5 Å². The Bertz CT molecular complexity index is 2950. The molecule has 4 heteroatoms. The van der Waals surface area contributed by atoms with E-state index in [1.54, 1.807) is 0 Å². The average Bonchev–Trinajstić information content (AvgIpc) is 4.32. The van der Waals surface area contributed by atoms with E-state index in [9.17, 15) is 0 Å². The molecule has 0 aliphatic heterocycles. The van der Waals surface area contributed by atoms with Crippen LogP contribution in [0.15, 0.2) is 108 Å². The lowest BCUT2D eigenvalue weighted by Gasteiger charge is -2.21. The van der Waals surface area contributed by atoms with E-state index in [0.717, 1.165) is 24.7 Å². The van der Waals surface area contributed by atoms with Gasteiger partial charge in [-0.05, 0) is 157 Å². The van der Waals surface area contributed by atoms with Crippen molar-refractivity contribution in [3.8, 4) is 32.4 Å². The fraction of sp³-hybridized carbons (Fsp3) is 0.541. The normalized spacial score (nSPS) is 12.7. The Morgan fingerprint density at radius 3 is 1.32 bits per heavy atom. The summed E-state index contributed by atoms with van der Waals surface area (Å²) in [5.41, 5.74) is 2.55. The van der Waals surface area contributed by atoms with Crippen LogP contribution in [0, 0.1) is 11.8 Å². The summed E-state index contributed by atoms with van der Waals surface area (Å²) in [6, 6.07) is 37.6.